The lowest BCUT2D eigenvalue weighted by Gasteiger charge is -2.43. The van der Waals surface area contributed by atoms with Gasteiger partial charge in [0.05, 0.1) is 6.61 Å². The van der Waals surface area contributed by atoms with E-state index in [-0.39, 0.29) is 11.9 Å². The molecule has 0 aromatic heterocycles. The van der Waals surface area contributed by atoms with E-state index < -0.39 is 36.3 Å². The van der Waals surface area contributed by atoms with Crippen molar-refractivity contribution in [2.24, 2.45) is 0 Å². The summed E-state index contributed by atoms with van der Waals surface area (Å²) in [6, 6.07) is 5.50. The number of nitrogens with zero attached hydrogens (tertiary/aromatic N) is 1. The number of ether oxygens (including phenoxy) is 1. The molecular weight excluding hydrogens is 434 g/mol. The first kappa shape index (κ1) is 27.6. The molecule has 0 spiro atoms. The molecular formula is C26H41N3O5. The summed E-state index contributed by atoms with van der Waals surface area (Å²) in [5, 5.41) is 15.4. The van der Waals surface area contributed by atoms with E-state index in [9.17, 15) is 19.5 Å². The second-order valence-electron chi connectivity index (χ2n) is 9.85. The lowest BCUT2D eigenvalue weighted by atomic mass is 9.88. The number of aliphatic hydroxyl groups is 1. The summed E-state index contributed by atoms with van der Waals surface area (Å²) >= 11 is 0. The Hall–Kier alpha value is -2.61. The molecule has 3 amide bonds. The van der Waals surface area contributed by atoms with Crippen LogP contribution in [0.1, 0.15) is 83.9 Å². The van der Waals surface area contributed by atoms with Crippen LogP contribution in [0.5, 0.6) is 0 Å². The molecule has 0 radical (unpaired) electrons. The molecule has 2 rings (SSSR count). The lowest BCUT2D eigenvalue weighted by Crippen LogP contribution is -2.58. The Morgan fingerprint density at radius 3 is 2.26 bits per heavy atom. The van der Waals surface area contributed by atoms with E-state index in [1.807, 2.05) is 31.2 Å². The minimum Gasteiger partial charge on any atom is -0.444 e. The summed E-state index contributed by atoms with van der Waals surface area (Å²) in [6.07, 6.45) is 4.34. The molecule has 0 saturated heterocycles. The highest BCUT2D eigenvalue weighted by Crippen LogP contribution is 2.34. The van der Waals surface area contributed by atoms with Gasteiger partial charge in [-0.25, -0.2) is 4.79 Å². The third kappa shape index (κ3) is 7.72. The Bertz CT molecular complexity index is 815. The highest BCUT2D eigenvalue weighted by molar-refractivity contribution is 5.92. The monoisotopic (exact) mass is 475 g/mol. The molecule has 0 bridgehead atoms. The Morgan fingerprint density at radius 2 is 1.79 bits per heavy atom. The fourth-order valence-electron chi connectivity index (χ4n) is 3.86. The molecule has 1 saturated carbocycles. The summed E-state index contributed by atoms with van der Waals surface area (Å²) in [5.41, 5.74) is 1.10. The first-order valence-corrected chi connectivity index (χ1v) is 12.4. The van der Waals surface area contributed by atoms with Crippen LogP contribution in [0.3, 0.4) is 0 Å². The van der Waals surface area contributed by atoms with Gasteiger partial charge in [0.2, 0.25) is 11.8 Å². The van der Waals surface area contributed by atoms with Crippen LogP contribution in [0.4, 0.5) is 4.79 Å². The number of alkyl carbamates (subject to hydrolysis) is 1. The van der Waals surface area contributed by atoms with Crippen molar-refractivity contribution >= 4 is 17.9 Å². The summed E-state index contributed by atoms with van der Waals surface area (Å²) < 4.78 is 5.27. The van der Waals surface area contributed by atoms with E-state index in [2.05, 4.69) is 17.6 Å². The summed E-state index contributed by atoms with van der Waals surface area (Å²) in [4.78, 5) is 41.0. The van der Waals surface area contributed by atoms with Crippen LogP contribution in [0, 0.1) is 0 Å². The second-order valence-corrected chi connectivity index (χ2v) is 9.85. The van der Waals surface area contributed by atoms with Crippen LogP contribution >= 0.6 is 0 Å². The molecule has 8 heteroatoms. The number of aryl methyl sites for hydroxylation is 1. The molecule has 0 aliphatic heterocycles. The number of nitrogens with one attached hydrogen (secondary N) is 2. The lowest BCUT2D eigenvalue weighted by molar-refractivity contribution is -0.148. The molecule has 3 N–H and O–H groups in total. The zero-order valence-corrected chi connectivity index (χ0v) is 21.2. The van der Waals surface area contributed by atoms with E-state index in [0.29, 0.717) is 12.1 Å². The smallest absolute Gasteiger partial charge is 0.408 e. The van der Waals surface area contributed by atoms with E-state index in [1.54, 1.807) is 25.7 Å². The molecule has 2 atom stereocenters. The van der Waals surface area contributed by atoms with Gasteiger partial charge in [-0.3, -0.25) is 9.59 Å². The van der Waals surface area contributed by atoms with Gasteiger partial charge in [-0.1, -0.05) is 44.5 Å². The van der Waals surface area contributed by atoms with Crippen LogP contribution in [-0.4, -0.2) is 58.8 Å². The maximum absolute atomic E-state index is 13.7. The van der Waals surface area contributed by atoms with Gasteiger partial charge in [0.25, 0.3) is 0 Å². The number of aliphatic hydroxyl groups excluding tert-OH is 1. The molecule has 1 aliphatic carbocycles. The maximum atomic E-state index is 13.7. The van der Waals surface area contributed by atoms with Crippen LogP contribution in [0.15, 0.2) is 24.3 Å². The third-order valence-corrected chi connectivity index (χ3v) is 5.95. The van der Waals surface area contributed by atoms with E-state index in [4.69, 9.17) is 4.74 Å². The minimum absolute atomic E-state index is 0.144. The molecule has 1 fully saturated rings. The van der Waals surface area contributed by atoms with Crippen LogP contribution in [0.2, 0.25) is 0 Å². The fraction of sp³-hybridized carbons (Fsp3) is 0.654. The predicted octanol–water partition coefficient (Wildman–Crippen LogP) is 3.47. The zero-order chi connectivity index (χ0) is 25.3. The first-order valence-electron chi connectivity index (χ1n) is 12.4. The molecule has 2 unspecified atom stereocenters. The minimum atomic E-state index is -1.21. The van der Waals surface area contributed by atoms with E-state index in [0.717, 1.165) is 44.1 Å². The maximum Gasteiger partial charge on any atom is 0.408 e. The summed E-state index contributed by atoms with van der Waals surface area (Å²) in [7, 11) is 0. The van der Waals surface area contributed by atoms with Crippen molar-refractivity contribution in [3.05, 3.63) is 35.4 Å². The highest BCUT2D eigenvalue weighted by atomic mass is 16.6. The summed E-state index contributed by atoms with van der Waals surface area (Å²) in [6.45, 7) is 9.19. The number of rotatable bonds is 11. The zero-order valence-electron chi connectivity index (χ0n) is 21.2. The first-order chi connectivity index (χ1) is 16.1. The van der Waals surface area contributed by atoms with Gasteiger partial charge in [-0.2, -0.15) is 0 Å². The van der Waals surface area contributed by atoms with Gasteiger partial charge >= 0.3 is 6.09 Å². The number of carbonyl (C=O) groups excluding carboxylic acids is 3. The van der Waals surface area contributed by atoms with Crippen molar-refractivity contribution in [3.63, 3.8) is 0 Å². The Kier molecular flexibility index (Phi) is 10.4. The SMILES string of the molecule is CCCCNC(=O)C(c1ccc(CC)cc1)N(C(=O)C(CO)NC(=O)OC(C)(C)C)C1CCC1. The normalized spacial score (nSPS) is 15.6. The van der Waals surface area contributed by atoms with Gasteiger partial charge in [0.15, 0.2) is 0 Å². The largest absolute Gasteiger partial charge is 0.444 e. The number of unbranched alkanes of at least 4 members (excludes halogenated alkanes) is 1. The Labute approximate surface area is 203 Å². The van der Waals surface area contributed by atoms with E-state index in [1.165, 1.54) is 0 Å². The van der Waals surface area contributed by atoms with Gasteiger partial charge in [0, 0.05) is 12.6 Å². The van der Waals surface area contributed by atoms with E-state index >= 15 is 0 Å². The van der Waals surface area contributed by atoms with Gasteiger partial charge in [-0.15, -0.1) is 0 Å². The van der Waals surface area contributed by atoms with Crippen LogP contribution in [0.25, 0.3) is 0 Å². The van der Waals surface area contributed by atoms with Gasteiger partial charge in [-0.05, 0) is 64.0 Å². The average Bonchev–Trinajstić information content (AvgIpc) is 2.74. The number of hydrogen-bond acceptors (Lipinski definition) is 5. The molecule has 34 heavy (non-hydrogen) atoms. The number of carbonyl (C=O) groups is 3. The number of amides is 3. The van der Waals surface area contributed by atoms with Crippen molar-refractivity contribution in [1.29, 1.82) is 0 Å². The van der Waals surface area contributed by atoms with Crippen LogP contribution in [-0.2, 0) is 20.7 Å². The molecule has 190 valence electrons. The Morgan fingerprint density at radius 1 is 1.15 bits per heavy atom. The summed E-state index contributed by atoms with van der Waals surface area (Å²) in [5.74, 6) is -0.750. The van der Waals surface area contributed by atoms with Crippen molar-refractivity contribution in [3.8, 4) is 0 Å². The quantitative estimate of drug-likeness (QED) is 0.425. The van der Waals surface area contributed by atoms with Crippen molar-refractivity contribution in [2.75, 3.05) is 13.2 Å². The molecule has 1 aromatic carbocycles. The molecule has 1 aliphatic rings. The molecule has 0 heterocycles. The van der Waals surface area contributed by atoms with Crippen LogP contribution < -0.4 is 10.6 Å². The standard InChI is InChI=1S/C26H41N3O5/c1-6-8-16-27-23(31)22(19-14-12-18(7-2)13-15-19)29(20-10-9-11-20)24(32)21(17-30)28-25(33)34-26(3,4)5/h12-15,20-22,30H,6-11,16-17H2,1-5H3,(H,27,31)(H,28,33). The Balaban J connectivity index is 2.38. The second kappa shape index (κ2) is 12.7. The number of hydrogen-bond donors (Lipinski definition) is 3. The topological polar surface area (TPSA) is 108 Å². The average molecular weight is 476 g/mol. The van der Waals surface area contributed by atoms with Gasteiger partial charge in [0.1, 0.15) is 17.7 Å². The fourth-order valence-corrected chi connectivity index (χ4v) is 3.86. The highest BCUT2D eigenvalue weighted by Gasteiger charge is 2.41. The number of benzene rings is 1. The molecule has 1 aromatic rings. The van der Waals surface area contributed by atoms with Crippen molar-refractivity contribution in [1.82, 2.24) is 15.5 Å². The molecule has 8 nitrogen and oxygen atoms in total. The van der Waals surface area contributed by atoms with Crippen molar-refractivity contribution in [2.45, 2.75) is 96.9 Å². The third-order valence-electron chi connectivity index (χ3n) is 5.95. The van der Waals surface area contributed by atoms with Crippen molar-refractivity contribution < 1.29 is 24.2 Å². The predicted molar refractivity (Wildman–Crippen MR) is 131 cm³/mol. The van der Waals surface area contributed by atoms with Gasteiger partial charge < -0.3 is 25.4 Å².